The molecule has 1 saturated heterocycles. The Morgan fingerprint density at radius 2 is 2.22 bits per heavy atom. The van der Waals surface area contributed by atoms with Crippen LogP contribution in [0.3, 0.4) is 0 Å². The maximum absolute atomic E-state index is 12.7. The number of nitrogens with one attached hydrogen (secondary N) is 2. The largest absolute Gasteiger partial charge is 0.394 e. The van der Waals surface area contributed by atoms with Gasteiger partial charge in [-0.1, -0.05) is 11.6 Å². The summed E-state index contributed by atoms with van der Waals surface area (Å²) in [6.07, 6.45) is 3.64. The first kappa shape index (κ1) is 15.5. The molecule has 1 aromatic heterocycles. The molecule has 0 saturated carbocycles. The predicted molar refractivity (Wildman–Crippen MR) is 86.3 cm³/mol. The lowest BCUT2D eigenvalue weighted by Gasteiger charge is -2.22. The van der Waals surface area contributed by atoms with Gasteiger partial charge in [0.2, 0.25) is 0 Å². The van der Waals surface area contributed by atoms with E-state index in [2.05, 4.69) is 25.4 Å². The Kier molecular flexibility index (Phi) is 4.57. The number of aliphatic hydroxyl groups excluding tert-OH is 1. The van der Waals surface area contributed by atoms with Crippen LogP contribution in [0.1, 0.15) is 40.6 Å². The molecule has 0 aliphatic carbocycles. The number of aryl methyl sites for hydroxylation is 1. The van der Waals surface area contributed by atoms with Gasteiger partial charge >= 0.3 is 0 Å². The number of anilines is 1. The minimum atomic E-state index is -0.600. The van der Waals surface area contributed by atoms with Gasteiger partial charge in [0, 0.05) is 18.8 Å². The molecule has 3 rings (SSSR count). The monoisotopic (exact) mass is 315 g/mol. The van der Waals surface area contributed by atoms with Crippen molar-refractivity contribution in [2.45, 2.75) is 25.8 Å². The summed E-state index contributed by atoms with van der Waals surface area (Å²) in [5, 5.41) is 18.8. The summed E-state index contributed by atoms with van der Waals surface area (Å²) in [5.74, 6) is 0.224. The van der Waals surface area contributed by atoms with Crippen molar-refractivity contribution in [3.8, 4) is 0 Å². The average Bonchev–Trinajstić information content (AvgIpc) is 3.25. The molecule has 3 N–H and O–H groups in total. The number of aromatic amines is 1. The zero-order valence-electron chi connectivity index (χ0n) is 13.1. The summed E-state index contributed by atoms with van der Waals surface area (Å²) in [6, 6.07) is 5.30. The van der Waals surface area contributed by atoms with Gasteiger partial charge in [-0.15, -0.1) is 0 Å². The fourth-order valence-corrected chi connectivity index (χ4v) is 2.88. The van der Waals surface area contributed by atoms with Gasteiger partial charge in [-0.05, 0) is 31.9 Å². The molecule has 23 heavy (non-hydrogen) atoms. The van der Waals surface area contributed by atoms with Crippen LogP contribution in [0, 0.1) is 6.92 Å². The van der Waals surface area contributed by atoms with E-state index in [-0.39, 0.29) is 12.5 Å². The molecule has 1 aromatic carbocycles. The van der Waals surface area contributed by atoms with Crippen molar-refractivity contribution in [3.05, 3.63) is 41.5 Å². The Morgan fingerprint density at radius 1 is 1.43 bits per heavy atom. The number of hydrogen-bond donors (Lipinski definition) is 3. The molecule has 1 atom stereocenters. The third-order valence-corrected chi connectivity index (χ3v) is 4.10. The molecule has 122 valence electrons. The summed E-state index contributed by atoms with van der Waals surface area (Å²) in [6.45, 7) is 3.65. The van der Waals surface area contributed by atoms with Gasteiger partial charge in [0.1, 0.15) is 18.2 Å². The van der Waals surface area contributed by atoms with Crippen LogP contribution in [0.2, 0.25) is 0 Å². The second-order valence-corrected chi connectivity index (χ2v) is 5.79. The van der Waals surface area contributed by atoms with Crippen LogP contribution < -0.4 is 10.2 Å². The number of hydrogen-bond acceptors (Lipinski definition) is 5. The SMILES string of the molecule is Cc1ccc(N2CCCC2)c(C(=O)N[C@H](CO)c2ncn[nH]2)c1. The Labute approximate surface area is 134 Å². The molecule has 1 aliphatic heterocycles. The second kappa shape index (κ2) is 6.78. The van der Waals surface area contributed by atoms with Crippen molar-refractivity contribution >= 4 is 11.6 Å². The summed E-state index contributed by atoms with van der Waals surface area (Å²) in [4.78, 5) is 19.0. The second-order valence-electron chi connectivity index (χ2n) is 5.79. The van der Waals surface area contributed by atoms with Crippen LogP contribution >= 0.6 is 0 Å². The average molecular weight is 315 g/mol. The van der Waals surface area contributed by atoms with Crippen molar-refractivity contribution in [1.29, 1.82) is 0 Å². The molecular formula is C16H21N5O2. The van der Waals surface area contributed by atoms with Gasteiger partial charge in [0.25, 0.3) is 5.91 Å². The van der Waals surface area contributed by atoms with Crippen LogP contribution in [0.4, 0.5) is 5.69 Å². The van der Waals surface area contributed by atoms with Crippen molar-refractivity contribution in [2.24, 2.45) is 0 Å². The Morgan fingerprint density at radius 3 is 2.87 bits per heavy atom. The van der Waals surface area contributed by atoms with E-state index in [0.29, 0.717) is 11.4 Å². The van der Waals surface area contributed by atoms with E-state index < -0.39 is 6.04 Å². The van der Waals surface area contributed by atoms with Gasteiger partial charge in [-0.3, -0.25) is 9.89 Å². The highest BCUT2D eigenvalue weighted by molar-refractivity contribution is 6.00. The summed E-state index contributed by atoms with van der Waals surface area (Å²) in [7, 11) is 0. The van der Waals surface area contributed by atoms with E-state index in [4.69, 9.17) is 0 Å². The number of aromatic nitrogens is 3. The van der Waals surface area contributed by atoms with E-state index in [1.54, 1.807) is 0 Å². The summed E-state index contributed by atoms with van der Waals surface area (Å²) in [5.41, 5.74) is 2.60. The van der Waals surface area contributed by atoms with Crippen LogP contribution in [0.25, 0.3) is 0 Å². The third kappa shape index (κ3) is 3.34. The molecule has 0 radical (unpaired) electrons. The van der Waals surface area contributed by atoms with E-state index in [9.17, 15) is 9.90 Å². The third-order valence-electron chi connectivity index (χ3n) is 4.10. The number of carbonyl (C=O) groups excluding carboxylic acids is 1. The maximum atomic E-state index is 12.7. The molecule has 0 unspecified atom stereocenters. The first-order chi connectivity index (χ1) is 11.2. The number of nitrogens with zero attached hydrogens (tertiary/aromatic N) is 3. The Balaban J connectivity index is 1.84. The zero-order valence-corrected chi connectivity index (χ0v) is 13.1. The smallest absolute Gasteiger partial charge is 0.254 e. The van der Waals surface area contributed by atoms with Crippen molar-refractivity contribution < 1.29 is 9.90 Å². The molecule has 1 amide bonds. The van der Waals surface area contributed by atoms with Gasteiger partial charge in [0.15, 0.2) is 0 Å². The number of rotatable bonds is 5. The molecular weight excluding hydrogens is 294 g/mol. The standard InChI is InChI=1S/C16H21N5O2/c1-11-4-5-14(21-6-2-3-7-21)12(8-11)16(23)19-13(9-22)15-17-10-18-20-15/h4-5,8,10,13,22H,2-3,6-7,9H2,1H3,(H,19,23)(H,17,18,20)/t13-/m1/s1. The predicted octanol–water partition coefficient (Wildman–Crippen LogP) is 1.18. The van der Waals surface area contributed by atoms with Gasteiger partial charge in [-0.2, -0.15) is 5.10 Å². The molecule has 2 heterocycles. The Hall–Kier alpha value is -2.41. The van der Waals surface area contributed by atoms with Crippen LogP contribution in [0.5, 0.6) is 0 Å². The summed E-state index contributed by atoms with van der Waals surface area (Å²) >= 11 is 0. The molecule has 1 aliphatic rings. The molecule has 2 aromatic rings. The lowest BCUT2D eigenvalue weighted by atomic mass is 10.1. The minimum Gasteiger partial charge on any atom is -0.394 e. The quantitative estimate of drug-likeness (QED) is 0.770. The van der Waals surface area contributed by atoms with Crippen LogP contribution in [-0.4, -0.2) is 45.9 Å². The van der Waals surface area contributed by atoms with Crippen molar-refractivity contribution in [1.82, 2.24) is 20.5 Å². The van der Waals surface area contributed by atoms with Crippen molar-refractivity contribution in [2.75, 3.05) is 24.6 Å². The highest BCUT2D eigenvalue weighted by atomic mass is 16.3. The topological polar surface area (TPSA) is 94.1 Å². The number of amides is 1. The highest BCUT2D eigenvalue weighted by Gasteiger charge is 2.23. The number of aliphatic hydroxyl groups is 1. The lowest BCUT2D eigenvalue weighted by molar-refractivity contribution is 0.0913. The molecule has 1 fully saturated rings. The number of H-pyrrole nitrogens is 1. The van der Waals surface area contributed by atoms with E-state index in [0.717, 1.165) is 37.2 Å². The Bertz CT molecular complexity index is 665. The molecule has 7 nitrogen and oxygen atoms in total. The first-order valence-electron chi connectivity index (χ1n) is 7.81. The van der Waals surface area contributed by atoms with Gasteiger partial charge < -0.3 is 15.3 Å². The fourth-order valence-electron chi connectivity index (χ4n) is 2.88. The maximum Gasteiger partial charge on any atom is 0.254 e. The molecule has 0 bridgehead atoms. The molecule has 0 spiro atoms. The van der Waals surface area contributed by atoms with Gasteiger partial charge in [-0.25, -0.2) is 4.98 Å². The lowest BCUT2D eigenvalue weighted by Crippen LogP contribution is -2.33. The van der Waals surface area contributed by atoms with E-state index in [1.807, 2.05) is 25.1 Å². The van der Waals surface area contributed by atoms with Crippen LogP contribution in [-0.2, 0) is 0 Å². The minimum absolute atomic E-state index is 0.217. The zero-order chi connectivity index (χ0) is 16.2. The fraction of sp³-hybridized carbons (Fsp3) is 0.438. The number of benzene rings is 1. The summed E-state index contributed by atoms with van der Waals surface area (Å²) < 4.78 is 0. The van der Waals surface area contributed by atoms with Crippen molar-refractivity contribution in [3.63, 3.8) is 0 Å². The van der Waals surface area contributed by atoms with E-state index in [1.165, 1.54) is 6.33 Å². The highest BCUT2D eigenvalue weighted by Crippen LogP contribution is 2.26. The normalized spacial score (nSPS) is 15.7. The van der Waals surface area contributed by atoms with Gasteiger partial charge in [0.05, 0.1) is 12.2 Å². The number of carbonyl (C=O) groups is 1. The first-order valence-corrected chi connectivity index (χ1v) is 7.81. The van der Waals surface area contributed by atoms with Crippen LogP contribution in [0.15, 0.2) is 24.5 Å². The molecule has 7 heteroatoms. The van der Waals surface area contributed by atoms with E-state index >= 15 is 0 Å².